The van der Waals surface area contributed by atoms with Gasteiger partial charge in [-0.3, -0.25) is 9.59 Å². The number of carbonyl (C=O) groups excluding carboxylic acids is 2. The van der Waals surface area contributed by atoms with E-state index in [9.17, 15) is 9.59 Å². The molecule has 0 saturated carbocycles. The van der Waals surface area contributed by atoms with Crippen molar-refractivity contribution in [1.82, 2.24) is 20.8 Å². The van der Waals surface area contributed by atoms with Crippen LogP contribution in [0.25, 0.3) is 10.7 Å². The van der Waals surface area contributed by atoms with Gasteiger partial charge in [-0.15, -0.1) is 11.3 Å². The zero-order valence-electron chi connectivity index (χ0n) is 16.5. The molecule has 2 heterocycles. The molecule has 0 radical (unpaired) electrons. The highest BCUT2D eigenvalue weighted by atomic mass is 32.1. The van der Waals surface area contributed by atoms with Crippen molar-refractivity contribution < 1.29 is 14.1 Å². The third-order valence-electron chi connectivity index (χ3n) is 4.60. The van der Waals surface area contributed by atoms with E-state index in [1.807, 2.05) is 78.2 Å². The van der Waals surface area contributed by atoms with Crippen molar-refractivity contribution in [2.45, 2.75) is 5.92 Å². The number of rotatable bonds is 8. The monoisotopic (exact) mass is 432 g/mol. The van der Waals surface area contributed by atoms with Crippen molar-refractivity contribution in [1.29, 1.82) is 0 Å². The SMILES string of the molecule is O=C(NCCNC(=O)C(c1ccccc1)c1ccccc1)c1nc(-c2cccs2)no1. The van der Waals surface area contributed by atoms with E-state index in [0.29, 0.717) is 5.82 Å². The first-order valence-corrected chi connectivity index (χ1v) is 10.6. The number of nitrogens with zero attached hydrogens (tertiary/aromatic N) is 2. The van der Waals surface area contributed by atoms with Gasteiger partial charge in [-0.25, -0.2) is 0 Å². The Balaban J connectivity index is 1.33. The van der Waals surface area contributed by atoms with E-state index in [0.717, 1.165) is 16.0 Å². The van der Waals surface area contributed by atoms with Gasteiger partial charge in [-0.05, 0) is 22.6 Å². The highest BCUT2D eigenvalue weighted by Crippen LogP contribution is 2.24. The van der Waals surface area contributed by atoms with Crippen LogP contribution < -0.4 is 10.6 Å². The van der Waals surface area contributed by atoms with Gasteiger partial charge < -0.3 is 15.2 Å². The maximum atomic E-state index is 12.9. The molecule has 7 nitrogen and oxygen atoms in total. The molecule has 0 unspecified atom stereocenters. The Kier molecular flexibility index (Phi) is 6.49. The largest absolute Gasteiger partial charge is 0.354 e. The summed E-state index contributed by atoms with van der Waals surface area (Å²) in [5.41, 5.74) is 1.81. The number of thiophene rings is 1. The van der Waals surface area contributed by atoms with Crippen molar-refractivity contribution in [3.8, 4) is 10.7 Å². The normalized spacial score (nSPS) is 10.7. The lowest BCUT2D eigenvalue weighted by Gasteiger charge is -2.18. The molecule has 31 heavy (non-hydrogen) atoms. The highest BCUT2D eigenvalue weighted by Gasteiger charge is 2.22. The van der Waals surface area contributed by atoms with Crippen LogP contribution in [0.15, 0.2) is 82.7 Å². The first-order valence-electron chi connectivity index (χ1n) is 9.76. The molecule has 2 N–H and O–H groups in total. The van der Waals surface area contributed by atoms with E-state index in [4.69, 9.17) is 4.52 Å². The summed E-state index contributed by atoms with van der Waals surface area (Å²) < 4.78 is 5.03. The van der Waals surface area contributed by atoms with Gasteiger partial charge in [0, 0.05) is 13.1 Å². The molecule has 0 aliphatic heterocycles. The molecule has 4 aromatic rings. The number of nitrogens with one attached hydrogen (secondary N) is 2. The zero-order chi connectivity index (χ0) is 21.5. The third kappa shape index (κ3) is 5.04. The molecule has 0 spiro atoms. The number of aromatic nitrogens is 2. The molecular formula is C23H20N4O3S. The number of amides is 2. The molecule has 2 aromatic heterocycles. The van der Waals surface area contributed by atoms with E-state index in [2.05, 4.69) is 20.8 Å². The summed E-state index contributed by atoms with van der Waals surface area (Å²) in [5.74, 6) is -0.776. The molecule has 0 saturated heterocycles. The fourth-order valence-electron chi connectivity index (χ4n) is 3.15. The lowest BCUT2D eigenvalue weighted by Crippen LogP contribution is -2.37. The summed E-state index contributed by atoms with van der Waals surface area (Å²) in [7, 11) is 0. The van der Waals surface area contributed by atoms with Gasteiger partial charge in [0.15, 0.2) is 0 Å². The lowest BCUT2D eigenvalue weighted by atomic mass is 9.90. The molecule has 0 bridgehead atoms. The van der Waals surface area contributed by atoms with Crippen molar-refractivity contribution in [3.63, 3.8) is 0 Å². The summed E-state index contributed by atoms with van der Waals surface area (Å²) in [5, 5.41) is 11.3. The molecule has 2 aromatic carbocycles. The molecule has 2 amide bonds. The highest BCUT2D eigenvalue weighted by molar-refractivity contribution is 7.13. The van der Waals surface area contributed by atoms with Crippen LogP contribution in [0.4, 0.5) is 0 Å². The second-order valence-electron chi connectivity index (χ2n) is 6.70. The van der Waals surface area contributed by atoms with Gasteiger partial charge >= 0.3 is 11.8 Å². The zero-order valence-corrected chi connectivity index (χ0v) is 17.3. The van der Waals surface area contributed by atoms with Crippen molar-refractivity contribution in [3.05, 3.63) is 95.2 Å². The minimum Gasteiger partial charge on any atom is -0.354 e. The third-order valence-corrected chi connectivity index (χ3v) is 5.47. The molecule has 0 aliphatic rings. The first kappa shape index (κ1) is 20.5. The fraction of sp³-hybridized carbons (Fsp3) is 0.130. The van der Waals surface area contributed by atoms with Crippen LogP contribution in [0, 0.1) is 0 Å². The topological polar surface area (TPSA) is 97.1 Å². The Morgan fingerprint density at radius 1 is 0.871 bits per heavy atom. The standard InChI is InChI=1S/C23H20N4O3S/c28-21(19(16-8-3-1-4-9-16)17-10-5-2-6-11-17)24-13-14-25-22(29)23-26-20(27-30-23)18-12-7-15-31-18/h1-12,15,19H,13-14H2,(H,24,28)(H,25,29). The second kappa shape index (κ2) is 9.82. The maximum Gasteiger partial charge on any atom is 0.316 e. The quantitative estimate of drug-likeness (QED) is 0.416. The molecule has 0 atom stereocenters. The predicted octanol–water partition coefficient (Wildman–Crippen LogP) is 3.48. The van der Waals surface area contributed by atoms with Crippen molar-refractivity contribution in [2.24, 2.45) is 0 Å². The van der Waals surface area contributed by atoms with Crippen LogP contribution in [0.5, 0.6) is 0 Å². The van der Waals surface area contributed by atoms with E-state index in [-0.39, 0.29) is 24.9 Å². The van der Waals surface area contributed by atoms with E-state index in [1.165, 1.54) is 11.3 Å². The Morgan fingerprint density at radius 3 is 2.13 bits per heavy atom. The van der Waals surface area contributed by atoms with E-state index >= 15 is 0 Å². The van der Waals surface area contributed by atoms with Crippen LogP contribution >= 0.6 is 11.3 Å². The summed E-state index contributed by atoms with van der Waals surface area (Å²) in [4.78, 5) is 30.1. The smallest absolute Gasteiger partial charge is 0.316 e. The molecule has 8 heteroatoms. The van der Waals surface area contributed by atoms with Gasteiger partial charge in [0.05, 0.1) is 10.8 Å². The van der Waals surface area contributed by atoms with Crippen LogP contribution in [0.3, 0.4) is 0 Å². The van der Waals surface area contributed by atoms with Crippen LogP contribution in [-0.2, 0) is 4.79 Å². The Bertz CT molecular complexity index is 1090. The van der Waals surface area contributed by atoms with Gasteiger partial charge in [0.1, 0.15) is 0 Å². The summed E-state index contributed by atoms with van der Waals surface area (Å²) in [6, 6.07) is 22.9. The molecule has 0 aliphatic carbocycles. The predicted molar refractivity (Wildman–Crippen MR) is 118 cm³/mol. The van der Waals surface area contributed by atoms with Gasteiger partial charge in [0.25, 0.3) is 0 Å². The van der Waals surface area contributed by atoms with Crippen LogP contribution in [0.1, 0.15) is 27.7 Å². The Hall–Kier alpha value is -3.78. The fourth-order valence-corrected chi connectivity index (χ4v) is 3.80. The van der Waals surface area contributed by atoms with E-state index < -0.39 is 11.8 Å². The minimum atomic E-state index is -0.479. The average Bonchev–Trinajstić information content (AvgIpc) is 3.50. The summed E-state index contributed by atoms with van der Waals surface area (Å²) in [6.07, 6.45) is 0. The van der Waals surface area contributed by atoms with Gasteiger partial charge in [-0.2, -0.15) is 4.98 Å². The van der Waals surface area contributed by atoms with Crippen molar-refractivity contribution >= 4 is 23.2 Å². The Morgan fingerprint density at radius 2 is 1.52 bits per heavy atom. The average molecular weight is 433 g/mol. The minimum absolute atomic E-state index is 0.110. The number of hydrogen-bond donors (Lipinski definition) is 2. The lowest BCUT2D eigenvalue weighted by molar-refractivity contribution is -0.121. The van der Waals surface area contributed by atoms with Gasteiger partial charge in [0.2, 0.25) is 11.7 Å². The molecule has 156 valence electrons. The van der Waals surface area contributed by atoms with E-state index in [1.54, 1.807) is 0 Å². The summed E-state index contributed by atoms with van der Waals surface area (Å²) in [6.45, 7) is 0.504. The second-order valence-corrected chi connectivity index (χ2v) is 7.65. The number of benzene rings is 2. The molecule has 4 rings (SSSR count). The Labute approximate surface area is 183 Å². The number of hydrogen-bond acceptors (Lipinski definition) is 6. The van der Waals surface area contributed by atoms with Gasteiger partial charge in [-0.1, -0.05) is 71.9 Å². The maximum absolute atomic E-state index is 12.9. The van der Waals surface area contributed by atoms with Crippen LogP contribution in [0.2, 0.25) is 0 Å². The molecular weight excluding hydrogens is 412 g/mol. The van der Waals surface area contributed by atoms with Crippen LogP contribution in [-0.4, -0.2) is 35.0 Å². The first-order chi connectivity index (χ1) is 15.2. The summed E-state index contributed by atoms with van der Waals surface area (Å²) >= 11 is 1.46. The van der Waals surface area contributed by atoms with Crippen molar-refractivity contribution in [2.75, 3.05) is 13.1 Å². The number of carbonyl (C=O) groups is 2. The molecule has 0 fully saturated rings.